The number of carbonyl (C=O) groups is 1. The minimum atomic E-state index is -0.917. The van der Waals surface area contributed by atoms with Gasteiger partial charge in [-0.3, -0.25) is 4.79 Å². The van der Waals surface area contributed by atoms with Gasteiger partial charge in [-0.25, -0.2) is 0 Å². The van der Waals surface area contributed by atoms with Crippen LogP contribution in [0.5, 0.6) is 0 Å². The molecule has 29 heavy (non-hydrogen) atoms. The molecule has 0 aliphatic heterocycles. The van der Waals surface area contributed by atoms with Crippen LogP contribution in [0.25, 0.3) is 0 Å². The summed E-state index contributed by atoms with van der Waals surface area (Å²) < 4.78 is 0. The molecular formula is C28H24O. The van der Waals surface area contributed by atoms with Gasteiger partial charge in [0, 0.05) is 5.56 Å². The lowest BCUT2D eigenvalue weighted by Gasteiger charge is -2.36. The summed E-state index contributed by atoms with van der Waals surface area (Å²) in [6, 6.07) is 36.4. The van der Waals surface area contributed by atoms with Gasteiger partial charge >= 0.3 is 0 Å². The number of hydrogen-bond donors (Lipinski definition) is 0. The van der Waals surface area contributed by atoms with Crippen LogP contribution in [0, 0.1) is 13.8 Å². The Balaban J connectivity index is 2.14. The molecule has 0 aliphatic carbocycles. The predicted molar refractivity (Wildman–Crippen MR) is 119 cm³/mol. The average Bonchev–Trinajstić information content (AvgIpc) is 2.77. The predicted octanol–water partition coefficient (Wildman–Crippen LogP) is 6.52. The van der Waals surface area contributed by atoms with Crippen molar-refractivity contribution in [3.63, 3.8) is 0 Å². The molecule has 0 atom stereocenters. The first-order valence-electron chi connectivity index (χ1n) is 9.93. The van der Waals surface area contributed by atoms with Crippen molar-refractivity contribution in [1.82, 2.24) is 0 Å². The van der Waals surface area contributed by atoms with E-state index >= 15 is 0 Å². The minimum absolute atomic E-state index is 0.0994. The van der Waals surface area contributed by atoms with Crippen LogP contribution in [-0.4, -0.2) is 5.78 Å². The topological polar surface area (TPSA) is 17.1 Å². The molecule has 0 spiro atoms. The van der Waals surface area contributed by atoms with Crippen molar-refractivity contribution in [2.45, 2.75) is 19.3 Å². The SMILES string of the molecule is Cc1ccccc1C(=O)C(c1ccccc1)(c1ccccc1)c1ccccc1C. The molecule has 0 saturated carbocycles. The summed E-state index contributed by atoms with van der Waals surface area (Å²) in [6.07, 6.45) is 0. The van der Waals surface area contributed by atoms with Crippen LogP contribution < -0.4 is 0 Å². The number of aryl methyl sites for hydroxylation is 2. The lowest BCUT2D eigenvalue weighted by atomic mass is 9.64. The number of Topliss-reactive ketones (excluding diaryl/α,β-unsaturated/α-hetero) is 1. The second kappa shape index (κ2) is 7.89. The molecule has 142 valence electrons. The number of rotatable bonds is 5. The maximum Gasteiger partial charge on any atom is 0.182 e. The maximum absolute atomic E-state index is 14.4. The van der Waals surface area contributed by atoms with E-state index in [1.54, 1.807) is 0 Å². The van der Waals surface area contributed by atoms with E-state index in [-0.39, 0.29) is 5.78 Å². The van der Waals surface area contributed by atoms with E-state index in [4.69, 9.17) is 0 Å². The maximum atomic E-state index is 14.4. The fourth-order valence-electron chi connectivity index (χ4n) is 4.26. The highest BCUT2D eigenvalue weighted by atomic mass is 16.1. The van der Waals surface area contributed by atoms with Gasteiger partial charge in [0.1, 0.15) is 5.41 Å². The quantitative estimate of drug-likeness (QED) is 0.286. The Labute approximate surface area is 172 Å². The zero-order valence-electron chi connectivity index (χ0n) is 16.8. The Bertz CT molecular complexity index is 1090. The molecule has 0 aliphatic rings. The largest absolute Gasteiger partial charge is 0.292 e. The highest BCUT2D eigenvalue weighted by Gasteiger charge is 2.45. The molecule has 0 aromatic heterocycles. The average molecular weight is 376 g/mol. The molecule has 4 aromatic carbocycles. The van der Waals surface area contributed by atoms with Crippen molar-refractivity contribution in [3.8, 4) is 0 Å². The molecule has 0 amide bonds. The van der Waals surface area contributed by atoms with Gasteiger partial charge in [-0.15, -0.1) is 0 Å². The summed E-state index contributed by atoms with van der Waals surface area (Å²) in [7, 11) is 0. The Hall–Kier alpha value is -3.45. The summed E-state index contributed by atoms with van der Waals surface area (Å²) in [6.45, 7) is 4.09. The first-order chi connectivity index (χ1) is 14.2. The van der Waals surface area contributed by atoms with E-state index < -0.39 is 5.41 Å². The zero-order valence-corrected chi connectivity index (χ0v) is 16.8. The Kier molecular flexibility index (Phi) is 5.14. The molecule has 0 radical (unpaired) electrons. The van der Waals surface area contributed by atoms with Crippen molar-refractivity contribution in [1.29, 1.82) is 0 Å². The van der Waals surface area contributed by atoms with Crippen molar-refractivity contribution in [2.24, 2.45) is 0 Å². The van der Waals surface area contributed by atoms with Gasteiger partial charge in [-0.2, -0.15) is 0 Å². The highest BCUT2D eigenvalue weighted by molar-refractivity contribution is 6.10. The lowest BCUT2D eigenvalue weighted by Crippen LogP contribution is -2.39. The summed E-state index contributed by atoms with van der Waals surface area (Å²) >= 11 is 0. The second-order valence-corrected chi connectivity index (χ2v) is 7.44. The fraction of sp³-hybridized carbons (Fsp3) is 0.107. The van der Waals surface area contributed by atoms with E-state index in [9.17, 15) is 4.79 Å². The summed E-state index contributed by atoms with van der Waals surface area (Å²) in [5, 5.41) is 0. The van der Waals surface area contributed by atoms with Gasteiger partial charge in [-0.05, 0) is 41.7 Å². The normalized spacial score (nSPS) is 11.2. The highest BCUT2D eigenvalue weighted by Crippen LogP contribution is 2.43. The molecule has 0 bridgehead atoms. The van der Waals surface area contributed by atoms with Gasteiger partial charge in [0.2, 0.25) is 0 Å². The molecule has 0 saturated heterocycles. The molecule has 1 heteroatoms. The molecular weight excluding hydrogens is 352 g/mol. The summed E-state index contributed by atoms with van der Waals surface area (Å²) in [5.41, 5.74) is 4.90. The molecule has 0 heterocycles. The Morgan fingerprint density at radius 1 is 0.552 bits per heavy atom. The third kappa shape index (κ3) is 3.19. The van der Waals surface area contributed by atoms with Gasteiger partial charge in [0.15, 0.2) is 5.78 Å². The van der Waals surface area contributed by atoms with Crippen LogP contribution in [-0.2, 0) is 5.41 Å². The van der Waals surface area contributed by atoms with E-state index in [1.807, 2.05) is 79.7 Å². The number of carbonyl (C=O) groups excluding carboxylic acids is 1. The zero-order chi connectivity index (χ0) is 20.3. The van der Waals surface area contributed by atoms with Crippen molar-refractivity contribution >= 4 is 5.78 Å². The van der Waals surface area contributed by atoms with Gasteiger partial charge in [0.05, 0.1) is 0 Å². The van der Waals surface area contributed by atoms with Gasteiger partial charge in [0.25, 0.3) is 0 Å². The van der Waals surface area contributed by atoms with Crippen LogP contribution in [0.1, 0.15) is 38.2 Å². The third-order valence-electron chi connectivity index (χ3n) is 5.69. The van der Waals surface area contributed by atoms with E-state index in [0.717, 1.165) is 33.4 Å². The molecule has 1 nitrogen and oxygen atoms in total. The molecule has 4 rings (SSSR count). The van der Waals surface area contributed by atoms with E-state index in [0.29, 0.717) is 0 Å². The van der Waals surface area contributed by atoms with E-state index in [1.165, 1.54) is 0 Å². The molecule has 4 aromatic rings. The van der Waals surface area contributed by atoms with E-state index in [2.05, 4.69) is 43.3 Å². The number of benzene rings is 4. The van der Waals surface area contributed by atoms with Crippen molar-refractivity contribution < 1.29 is 4.79 Å². The summed E-state index contributed by atoms with van der Waals surface area (Å²) in [5.74, 6) is 0.0994. The van der Waals surface area contributed by atoms with Gasteiger partial charge in [-0.1, -0.05) is 109 Å². The number of ketones is 1. The van der Waals surface area contributed by atoms with Crippen molar-refractivity contribution in [2.75, 3.05) is 0 Å². The first kappa shape index (κ1) is 18.9. The second-order valence-electron chi connectivity index (χ2n) is 7.44. The minimum Gasteiger partial charge on any atom is -0.292 e. The smallest absolute Gasteiger partial charge is 0.182 e. The molecule has 0 N–H and O–H groups in total. The first-order valence-corrected chi connectivity index (χ1v) is 9.93. The van der Waals surface area contributed by atoms with Crippen LogP contribution in [0.2, 0.25) is 0 Å². The summed E-state index contributed by atoms with van der Waals surface area (Å²) in [4.78, 5) is 14.4. The monoisotopic (exact) mass is 376 g/mol. The Morgan fingerprint density at radius 2 is 1.00 bits per heavy atom. The van der Waals surface area contributed by atoms with Crippen LogP contribution in [0.4, 0.5) is 0 Å². The van der Waals surface area contributed by atoms with Crippen LogP contribution >= 0.6 is 0 Å². The van der Waals surface area contributed by atoms with Crippen LogP contribution in [0.15, 0.2) is 109 Å². The third-order valence-corrected chi connectivity index (χ3v) is 5.69. The van der Waals surface area contributed by atoms with Crippen molar-refractivity contribution in [3.05, 3.63) is 143 Å². The van der Waals surface area contributed by atoms with Gasteiger partial charge < -0.3 is 0 Å². The lowest BCUT2D eigenvalue weighted by molar-refractivity contribution is 0.0934. The van der Waals surface area contributed by atoms with Crippen LogP contribution in [0.3, 0.4) is 0 Å². The Morgan fingerprint density at radius 3 is 1.52 bits per heavy atom. The fourth-order valence-corrected chi connectivity index (χ4v) is 4.26. The molecule has 0 unspecified atom stereocenters. The molecule has 0 fully saturated rings. The standard InChI is InChI=1S/C28H24O/c1-21-13-9-11-19-25(21)27(29)28(23-15-5-3-6-16-23,24-17-7-4-8-18-24)26-20-12-10-14-22(26)2/h3-20H,1-2H3. The number of hydrogen-bond acceptors (Lipinski definition) is 1.